The molecular formula is C16H34N2O. The lowest BCUT2D eigenvalue weighted by Crippen LogP contribution is -2.58. The van der Waals surface area contributed by atoms with Crippen LogP contribution in [0.25, 0.3) is 0 Å². The van der Waals surface area contributed by atoms with E-state index in [1.54, 1.807) is 7.11 Å². The van der Waals surface area contributed by atoms with E-state index < -0.39 is 0 Å². The van der Waals surface area contributed by atoms with Crippen molar-refractivity contribution in [3.05, 3.63) is 0 Å². The van der Waals surface area contributed by atoms with Gasteiger partial charge >= 0.3 is 0 Å². The first kappa shape index (κ1) is 16.9. The van der Waals surface area contributed by atoms with Gasteiger partial charge in [0.15, 0.2) is 0 Å². The maximum absolute atomic E-state index is 6.18. The molecule has 0 aromatic carbocycles. The highest BCUT2D eigenvalue weighted by Crippen LogP contribution is 2.39. The Bertz CT molecular complexity index is 257. The SMILES string of the molecule is COCC(C)N(C)C1(CN)CCCC(CC(C)C)C1. The molecule has 1 fully saturated rings. The van der Waals surface area contributed by atoms with Crippen molar-refractivity contribution in [2.24, 2.45) is 17.6 Å². The zero-order valence-electron chi connectivity index (χ0n) is 13.6. The van der Waals surface area contributed by atoms with Crippen LogP contribution in [0.2, 0.25) is 0 Å². The van der Waals surface area contributed by atoms with Gasteiger partial charge in [0.2, 0.25) is 0 Å². The third kappa shape index (κ3) is 4.44. The summed E-state index contributed by atoms with van der Waals surface area (Å²) in [7, 11) is 4.01. The van der Waals surface area contributed by atoms with Crippen molar-refractivity contribution in [2.45, 2.75) is 64.5 Å². The van der Waals surface area contributed by atoms with Gasteiger partial charge in [-0.15, -0.1) is 0 Å². The highest BCUT2D eigenvalue weighted by Gasteiger charge is 2.40. The van der Waals surface area contributed by atoms with Gasteiger partial charge in [-0.2, -0.15) is 0 Å². The molecule has 114 valence electrons. The van der Waals surface area contributed by atoms with Gasteiger partial charge in [-0.25, -0.2) is 0 Å². The van der Waals surface area contributed by atoms with Crippen molar-refractivity contribution < 1.29 is 4.74 Å². The minimum atomic E-state index is 0.190. The maximum Gasteiger partial charge on any atom is 0.0615 e. The minimum absolute atomic E-state index is 0.190. The highest BCUT2D eigenvalue weighted by molar-refractivity contribution is 4.97. The Morgan fingerprint density at radius 2 is 2.05 bits per heavy atom. The van der Waals surface area contributed by atoms with Crippen LogP contribution in [0.1, 0.15) is 52.9 Å². The minimum Gasteiger partial charge on any atom is -0.383 e. The van der Waals surface area contributed by atoms with Gasteiger partial charge in [0.25, 0.3) is 0 Å². The zero-order valence-corrected chi connectivity index (χ0v) is 13.6. The van der Waals surface area contributed by atoms with Crippen LogP contribution in [0.3, 0.4) is 0 Å². The second kappa shape index (κ2) is 7.61. The summed E-state index contributed by atoms with van der Waals surface area (Å²) >= 11 is 0. The monoisotopic (exact) mass is 270 g/mol. The van der Waals surface area contributed by atoms with E-state index in [0.717, 1.165) is 25.0 Å². The molecule has 0 saturated heterocycles. The maximum atomic E-state index is 6.18. The molecule has 0 amide bonds. The van der Waals surface area contributed by atoms with Gasteiger partial charge in [0.1, 0.15) is 0 Å². The molecule has 3 unspecified atom stereocenters. The highest BCUT2D eigenvalue weighted by atomic mass is 16.5. The average Bonchev–Trinajstić information content (AvgIpc) is 2.37. The van der Waals surface area contributed by atoms with Crippen LogP contribution in [0, 0.1) is 11.8 Å². The largest absolute Gasteiger partial charge is 0.383 e. The zero-order chi connectivity index (χ0) is 14.5. The van der Waals surface area contributed by atoms with Crippen LogP contribution in [-0.2, 0) is 4.74 Å². The Morgan fingerprint density at radius 3 is 2.58 bits per heavy atom. The summed E-state index contributed by atoms with van der Waals surface area (Å²) in [6.07, 6.45) is 6.54. The first-order valence-corrected chi connectivity index (χ1v) is 7.87. The first-order valence-electron chi connectivity index (χ1n) is 7.87. The average molecular weight is 270 g/mol. The van der Waals surface area contributed by atoms with Crippen molar-refractivity contribution in [1.82, 2.24) is 4.90 Å². The Morgan fingerprint density at radius 1 is 1.37 bits per heavy atom. The van der Waals surface area contributed by atoms with Crippen LogP contribution >= 0.6 is 0 Å². The number of likely N-dealkylation sites (N-methyl/N-ethyl adjacent to an activating group) is 1. The van der Waals surface area contributed by atoms with Gasteiger partial charge in [-0.3, -0.25) is 4.90 Å². The van der Waals surface area contributed by atoms with E-state index in [-0.39, 0.29) is 5.54 Å². The normalized spacial score (nSPS) is 30.0. The smallest absolute Gasteiger partial charge is 0.0615 e. The van der Waals surface area contributed by atoms with E-state index in [1.165, 1.54) is 32.1 Å². The van der Waals surface area contributed by atoms with Crippen LogP contribution in [0.15, 0.2) is 0 Å². The molecule has 1 aliphatic carbocycles. The molecule has 1 rings (SSSR count). The molecule has 1 aliphatic rings. The number of hydrogen-bond acceptors (Lipinski definition) is 3. The number of nitrogens with zero attached hydrogens (tertiary/aromatic N) is 1. The quantitative estimate of drug-likeness (QED) is 0.773. The van der Waals surface area contributed by atoms with E-state index >= 15 is 0 Å². The second-order valence-corrected chi connectivity index (χ2v) is 6.94. The van der Waals surface area contributed by atoms with E-state index in [2.05, 4.69) is 32.7 Å². The third-order valence-corrected chi connectivity index (χ3v) is 4.93. The molecule has 0 bridgehead atoms. The molecule has 19 heavy (non-hydrogen) atoms. The van der Waals surface area contributed by atoms with Crippen molar-refractivity contribution in [3.8, 4) is 0 Å². The van der Waals surface area contributed by atoms with Gasteiger partial charge in [-0.05, 0) is 45.1 Å². The predicted molar refractivity (Wildman–Crippen MR) is 82.3 cm³/mol. The number of ether oxygens (including phenoxy) is 1. The van der Waals surface area contributed by atoms with E-state index in [9.17, 15) is 0 Å². The molecule has 3 heteroatoms. The summed E-state index contributed by atoms with van der Waals surface area (Å²) in [5, 5.41) is 0. The van der Waals surface area contributed by atoms with Gasteiger partial charge in [0.05, 0.1) is 6.61 Å². The summed E-state index contributed by atoms with van der Waals surface area (Å²) in [6.45, 7) is 8.46. The molecule has 0 aromatic heterocycles. The van der Waals surface area contributed by atoms with Crippen molar-refractivity contribution in [1.29, 1.82) is 0 Å². The van der Waals surface area contributed by atoms with Gasteiger partial charge in [-0.1, -0.05) is 26.7 Å². The molecule has 0 aromatic rings. The van der Waals surface area contributed by atoms with Gasteiger partial charge < -0.3 is 10.5 Å². The fourth-order valence-electron chi connectivity index (χ4n) is 3.80. The summed E-state index contributed by atoms with van der Waals surface area (Å²) < 4.78 is 5.31. The Kier molecular flexibility index (Phi) is 6.78. The van der Waals surface area contributed by atoms with Crippen LogP contribution in [0.4, 0.5) is 0 Å². The van der Waals surface area contributed by atoms with Gasteiger partial charge in [0, 0.05) is 25.2 Å². The summed E-state index contributed by atoms with van der Waals surface area (Å²) in [5.74, 6) is 1.63. The van der Waals surface area contributed by atoms with E-state index in [4.69, 9.17) is 10.5 Å². The molecule has 0 radical (unpaired) electrons. The molecule has 0 spiro atoms. The molecule has 2 N–H and O–H groups in total. The molecule has 0 aliphatic heterocycles. The number of rotatable bonds is 7. The van der Waals surface area contributed by atoms with Crippen LogP contribution in [0.5, 0.6) is 0 Å². The Labute approximate surface area is 119 Å². The summed E-state index contributed by atoms with van der Waals surface area (Å²) in [4.78, 5) is 2.49. The molecule has 3 atom stereocenters. The van der Waals surface area contributed by atoms with E-state index in [0.29, 0.717) is 6.04 Å². The molecule has 0 heterocycles. The second-order valence-electron chi connectivity index (χ2n) is 6.94. The molecule has 3 nitrogen and oxygen atoms in total. The third-order valence-electron chi connectivity index (χ3n) is 4.93. The van der Waals surface area contributed by atoms with Crippen molar-refractivity contribution >= 4 is 0 Å². The van der Waals surface area contributed by atoms with Crippen LogP contribution < -0.4 is 5.73 Å². The topological polar surface area (TPSA) is 38.5 Å². The Balaban J connectivity index is 2.72. The number of nitrogens with two attached hydrogens (primary N) is 1. The number of hydrogen-bond donors (Lipinski definition) is 1. The lowest BCUT2D eigenvalue weighted by Gasteiger charge is -2.49. The standard InChI is InChI=1S/C16H34N2O/c1-13(2)9-15-7-6-8-16(10-15,12-17)18(4)14(3)11-19-5/h13-15H,6-12,17H2,1-5H3. The van der Waals surface area contributed by atoms with Crippen molar-refractivity contribution in [3.63, 3.8) is 0 Å². The lowest BCUT2D eigenvalue weighted by molar-refractivity contribution is -0.000525. The first-order chi connectivity index (χ1) is 8.95. The molecular weight excluding hydrogens is 236 g/mol. The summed E-state index contributed by atoms with van der Waals surface area (Å²) in [5.41, 5.74) is 6.37. The molecule has 1 saturated carbocycles. The summed E-state index contributed by atoms with van der Waals surface area (Å²) in [6, 6.07) is 0.436. The van der Waals surface area contributed by atoms with E-state index in [1.807, 2.05) is 0 Å². The van der Waals surface area contributed by atoms with Crippen molar-refractivity contribution in [2.75, 3.05) is 27.3 Å². The lowest BCUT2D eigenvalue weighted by atomic mass is 9.72. The fourth-order valence-corrected chi connectivity index (χ4v) is 3.80. The fraction of sp³-hybridized carbons (Fsp3) is 1.00. The Hall–Kier alpha value is -0.120. The number of methoxy groups -OCH3 is 1. The van der Waals surface area contributed by atoms with Crippen LogP contribution in [-0.4, -0.2) is 43.8 Å². The predicted octanol–water partition coefficient (Wildman–Crippen LogP) is 2.89.